The fourth-order valence-electron chi connectivity index (χ4n) is 4.40. The lowest BCUT2D eigenvalue weighted by Crippen LogP contribution is -2.52. The topological polar surface area (TPSA) is 102 Å². The molecule has 2 bridgehead atoms. The molecule has 30 heavy (non-hydrogen) atoms. The van der Waals surface area contributed by atoms with Crippen LogP contribution in [0.15, 0.2) is 30.3 Å². The number of tetrazole rings is 1. The summed E-state index contributed by atoms with van der Waals surface area (Å²) in [5, 5.41) is 30.5. The highest BCUT2D eigenvalue weighted by molar-refractivity contribution is 5.68. The van der Waals surface area contributed by atoms with E-state index < -0.39 is 12.3 Å². The van der Waals surface area contributed by atoms with Crippen molar-refractivity contribution >= 4 is 0 Å². The molecule has 2 fully saturated rings. The smallest absolute Gasteiger partial charge is 0.233 e. The van der Waals surface area contributed by atoms with Gasteiger partial charge in [0.25, 0.3) is 0 Å². The maximum atomic E-state index is 14.8. The van der Waals surface area contributed by atoms with Crippen LogP contribution in [-0.4, -0.2) is 71.8 Å². The van der Waals surface area contributed by atoms with Gasteiger partial charge in [-0.1, -0.05) is 0 Å². The number of rotatable bonds is 4. The summed E-state index contributed by atoms with van der Waals surface area (Å²) in [5.41, 5.74) is 1.57. The maximum Gasteiger partial charge on any atom is 0.233 e. The largest absolute Gasteiger partial charge is 0.507 e. The van der Waals surface area contributed by atoms with Crippen LogP contribution in [0.4, 0.5) is 4.39 Å². The Kier molecular flexibility index (Phi) is 4.58. The van der Waals surface area contributed by atoms with E-state index in [-0.39, 0.29) is 17.7 Å². The van der Waals surface area contributed by atoms with Crippen LogP contribution < -0.4 is 4.74 Å². The first-order valence-electron chi connectivity index (χ1n) is 9.96. The fourth-order valence-corrected chi connectivity index (χ4v) is 4.40. The van der Waals surface area contributed by atoms with Gasteiger partial charge in [-0.3, -0.25) is 4.90 Å². The fraction of sp³-hybridized carbons (Fsp3) is 0.450. The number of hydrogen-bond donors (Lipinski definition) is 1. The Morgan fingerprint density at radius 2 is 2.00 bits per heavy atom. The summed E-state index contributed by atoms with van der Waals surface area (Å²) in [4.78, 5) is 3.46. The van der Waals surface area contributed by atoms with Crippen molar-refractivity contribution in [2.24, 2.45) is 0 Å². The molecule has 1 N–H and O–H groups in total. The van der Waals surface area contributed by atoms with Crippen LogP contribution in [0.2, 0.25) is 0 Å². The molecule has 2 aliphatic heterocycles. The van der Waals surface area contributed by atoms with Crippen molar-refractivity contribution in [1.29, 1.82) is 0 Å². The summed E-state index contributed by atoms with van der Waals surface area (Å²) in [6, 6.07) is 8.63. The number of phenols is 1. The Balaban J connectivity index is 1.32. The molecule has 2 aromatic heterocycles. The lowest BCUT2D eigenvalue weighted by Gasteiger charge is -2.38. The summed E-state index contributed by atoms with van der Waals surface area (Å²) in [5.74, 6) is 0.836. The van der Waals surface area contributed by atoms with E-state index in [1.807, 2.05) is 7.05 Å². The molecule has 0 amide bonds. The number of piperidine rings is 1. The Labute approximate surface area is 172 Å². The molecular weight excluding hydrogens is 389 g/mol. The highest BCUT2D eigenvalue weighted by Gasteiger charge is 2.47. The number of fused-ring (bicyclic) bond motifs is 2. The second-order valence-electron chi connectivity index (χ2n) is 7.88. The molecule has 1 aromatic carbocycles. The number of aromatic hydroxyl groups is 1. The molecule has 9 nitrogen and oxygen atoms in total. The Morgan fingerprint density at radius 1 is 1.13 bits per heavy atom. The van der Waals surface area contributed by atoms with Gasteiger partial charge in [0.15, 0.2) is 12.0 Å². The zero-order valence-corrected chi connectivity index (χ0v) is 16.7. The summed E-state index contributed by atoms with van der Waals surface area (Å²) in [6.45, 7) is 1.73. The summed E-state index contributed by atoms with van der Waals surface area (Å²) in [6.07, 6.45) is 0.970. The standard InChI is InChI=1S/C20H22FN7O2/c1-11-22-26-28(25-11)13-3-5-14(17(29)9-13)15-6-8-19(24-23-15)30-18-10-12-4-7-16(20(18)21)27(12)2/h3,5-6,8-9,12,16,18,20,29H,4,7,10H2,1-2H3/t12?,16?,18-,20-/m1/s1. The molecule has 0 radical (unpaired) electrons. The molecular formula is C20H22FN7O2. The van der Waals surface area contributed by atoms with E-state index in [0.29, 0.717) is 35.2 Å². The average Bonchev–Trinajstić information content (AvgIpc) is 3.28. The zero-order valence-electron chi connectivity index (χ0n) is 16.7. The minimum absolute atomic E-state index is 0.0149. The number of hydrogen-bond acceptors (Lipinski definition) is 8. The summed E-state index contributed by atoms with van der Waals surface area (Å²) in [7, 11) is 1.98. The zero-order chi connectivity index (χ0) is 20.8. The third kappa shape index (κ3) is 3.26. The van der Waals surface area contributed by atoms with E-state index in [0.717, 1.165) is 12.8 Å². The number of halogens is 1. The molecule has 2 saturated heterocycles. The molecule has 0 spiro atoms. The van der Waals surface area contributed by atoms with E-state index in [2.05, 4.69) is 30.5 Å². The summed E-state index contributed by atoms with van der Waals surface area (Å²) >= 11 is 0. The van der Waals surface area contributed by atoms with Gasteiger partial charge in [-0.15, -0.1) is 25.2 Å². The van der Waals surface area contributed by atoms with Crippen LogP contribution in [0.3, 0.4) is 0 Å². The quantitative estimate of drug-likeness (QED) is 0.696. The van der Waals surface area contributed by atoms with Crippen LogP contribution in [-0.2, 0) is 0 Å². The Morgan fingerprint density at radius 3 is 2.70 bits per heavy atom. The molecule has 4 heterocycles. The van der Waals surface area contributed by atoms with Gasteiger partial charge >= 0.3 is 0 Å². The molecule has 0 saturated carbocycles. The number of phenolic OH excluding ortho intramolecular Hbond substituents is 1. The molecule has 156 valence electrons. The molecule has 4 atom stereocenters. The van der Waals surface area contributed by atoms with Gasteiger partial charge < -0.3 is 9.84 Å². The monoisotopic (exact) mass is 411 g/mol. The number of aromatic nitrogens is 6. The molecule has 2 aliphatic rings. The van der Waals surface area contributed by atoms with Crippen molar-refractivity contribution in [2.75, 3.05) is 7.05 Å². The number of ether oxygens (including phenoxy) is 1. The number of benzene rings is 1. The third-order valence-corrected chi connectivity index (χ3v) is 6.04. The molecule has 0 aliphatic carbocycles. The predicted molar refractivity (Wildman–Crippen MR) is 105 cm³/mol. The van der Waals surface area contributed by atoms with E-state index in [9.17, 15) is 9.50 Å². The van der Waals surface area contributed by atoms with E-state index in [4.69, 9.17) is 4.74 Å². The molecule has 10 heteroatoms. The van der Waals surface area contributed by atoms with Crippen LogP contribution in [0.1, 0.15) is 25.1 Å². The van der Waals surface area contributed by atoms with Crippen LogP contribution in [0.5, 0.6) is 11.6 Å². The van der Waals surface area contributed by atoms with Gasteiger partial charge in [0.2, 0.25) is 5.88 Å². The van der Waals surface area contributed by atoms with Crippen LogP contribution >= 0.6 is 0 Å². The van der Waals surface area contributed by atoms with Crippen LogP contribution in [0.25, 0.3) is 16.9 Å². The molecule has 5 rings (SSSR count). The van der Waals surface area contributed by atoms with Gasteiger partial charge in [-0.25, -0.2) is 4.39 Å². The van der Waals surface area contributed by atoms with E-state index in [1.165, 1.54) is 10.9 Å². The normalized spacial score (nSPS) is 26.1. The van der Waals surface area contributed by atoms with Gasteiger partial charge in [-0.05, 0) is 50.2 Å². The lowest BCUT2D eigenvalue weighted by atomic mass is 9.98. The molecule has 3 aromatic rings. The lowest BCUT2D eigenvalue weighted by molar-refractivity contribution is -0.0134. The SMILES string of the molecule is Cc1nnn(-c2ccc(-c3ccc(O[C@@H]4CC5CCC([C@H]4F)N5C)nn3)c(O)c2)n1. The van der Waals surface area contributed by atoms with Crippen molar-refractivity contribution in [3.05, 3.63) is 36.2 Å². The maximum absolute atomic E-state index is 14.8. The van der Waals surface area contributed by atoms with Gasteiger partial charge in [-0.2, -0.15) is 0 Å². The summed E-state index contributed by atoms with van der Waals surface area (Å²) < 4.78 is 20.6. The minimum atomic E-state index is -1.04. The first-order chi connectivity index (χ1) is 14.5. The highest BCUT2D eigenvalue weighted by atomic mass is 19.1. The van der Waals surface area contributed by atoms with Gasteiger partial charge in [0, 0.05) is 36.2 Å². The van der Waals surface area contributed by atoms with Gasteiger partial charge in [0.1, 0.15) is 11.9 Å². The number of nitrogens with zero attached hydrogens (tertiary/aromatic N) is 7. The highest BCUT2D eigenvalue weighted by Crippen LogP contribution is 2.37. The van der Waals surface area contributed by atoms with E-state index >= 15 is 0 Å². The first-order valence-corrected chi connectivity index (χ1v) is 9.96. The first kappa shape index (κ1) is 18.9. The van der Waals surface area contributed by atoms with Crippen molar-refractivity contribution in [3.8, 4) is 28.6 Å². The Bertz CT molecular complexity index is 1060. The van der Waals surface area contributed by atoms with Gasteiger partial charge in [0.05, 0.1) is 11.4 Å². The Hall–Kier alpha value is -3.14. The second-order valence-corrected chi connectivity index (χ2v) is 7.88. The average molecular weight is 411 g/mol. The van der Waals surface area contributed by atoms with Crippen LogP contribution in [0, 0.1) is 6.92 Å². The second kappa shape index (κ2) is 7.28. The van der Waals surface area contributed by atoms with Crippen molar-refractivity contribution < 1.29 is 14.2 Å². The third-order valence-electron chi connectivity index (χ3n) is 6.04. The number of alkyl halides is 1. The minimum Gasteiger partial charge on any atom is -0.507 e. The number of aryl methyl sites for hydroxylation is 1. The van der Waals surface area contributed by atoms with Crippen molar-refractivity contribution in [1.82, 2.24) is 35.3 Å². The van der Waals surface area contributed by atoms with Crippen molar-refractivity contribution in [2.45, 2.75) is 50.5 Å². The molecule has 2 unspecified atom stereocenters. The van der Waals surface area contributed by atoms with E-state index in [1.54, 1.807) is 31.2 Å². The van der Waals surface area contributed by atoms with Crippen molar-refractivity contribution in [3.63, 3.8) is 0 Å². The predicted octanol–water partition coefficient (Wildman–Crippen LogP) is 2.09.